The summed E-state index contributed by atoms with van der Waals surface area (Å²) in [6, 6.07) is 6.65. The number of hydrazine groups is 1. The highest BCUT2D eigenvalue weighted by atomic mass is 79.9. The van der Waals surface area contributed by atoms with Crippen molar-refractivity contribution in [2.45, 2.75) is 25.9 Å². The van der Waals surface area contributed by atoms with E-state index in [4.69, 9.17) is 5.84 Å². The van der Waals surface area contributed by atoms with Crippen LogP contribution in [0.25, 0.3) is 0 Å². The average molecular weight is 327 g/mol. The van der Waals surface area contributed by atoms with E-state index < -0.39 is 0 Å². The molecule has 0 aliphatic rings. The van der Waals surface area contributed by atoms with Gasteiger partial charge in [-0.25, -0.2) is 9.82 Å². The minimum atomic E-state index is -0.324. The third-order valence-corrected chi connectivity index (χ3v) is 3.78. The van der Waals surface area contributed by atoms with E-state index in [9.17, 15) is 4.39 Å². The maximum Gasteiger partial charge on any atom is 0.137 e. The normalized spacial score (nSPS) is 12.9. The predicted octanol–water partition coefficient (Wildman–Crippen LogP) is 2.92. The van der Waals surface area contributed by atoms with Crippen molar-refractivity contribution in [2.75, 3.05) is 0 Å². The van der Waals surface area contributed by atoms with Gasteiger partial charge in [0.05, 0.1) is 16.2 Å². The van der Waals surface area contributed by atoms with Crippen LogP contribution in [0.2, 0.25) is 0 Å². The topological polar surface area (TPSA) is 55.9 Å². The Hall–Kier alpha value is -1.24. The van der Waals surface area contributed by atoms with E-state index in [1.54, 1.807) is 12.3 Å². The van der Waals surface area contributed by atoms with Crippen LogP contribution in [0.3, 0.4) is 0 Å². The summed E-state index contributed by atoms with van der Waals surface area (Å²) in [5, 5.41) is 4.27. The van der Waals surface area contributed by atoms with Gasteiger partial charge < -0.3 is 0 Å². The molecule has 19 heavy (non-hydrogen) atoms. The molecule has 1 unspecified atom stereocenters. The largest absolute Gasteiger partial charge is 0.271 e. The standard InChI is InChI=1S/C13H16BrFN4/c1-8(2)19-11(6-7-17-19)13(18-16)9-4-3-5-10(15)12(9)14/h3-8,13,18H,16H2,1-2H3. The van der Waals surface area contributed by atoms with Crippen LogP contribution in [0.4, 0.5) is 4.39 Å². The van der Waals surface area contributed by atoms with E-state index in [1.807, 2.05) is 30.7 Å². The molecule has 0 radical (unpaired) electrons. The van der Waals surface area contributed by atoms with Crippen LogP contribution in [0.5, 0.6) is 0 Å². The van der Waals surface area contributed by atoms with Crippen LogP contribution < -0.4 is 11.3 Å². The van der Waals surface area contributed by atoms with Gasteiger partial charge in [0.1, 0.15) is 5.82 Å². The first-order valence-electron chi connectivity index (χ1n) is 5.99. The molecule has 2 aromatic rings. The van der Waals surface area contributed by atoms with Gasteiger partial charge in [-0.1, -0.05) is 12.1 Å². The first-order valence-corrected chi connectivity index (χ1v) is 6.79. The number of nitrogens with one attached hydrogen (secondary N) is 1. The third-order valence-electron chi connectivity index (χ3n) is 2.94. The molecule has 4 nitrogen and oxygen atoms in total. The maximum absolute atomic E-state index is 13.6. The molecule has 102 valence electrons. The van der Waals surface area contributed by atoms with Gasteiger partial charge in [-0.3, -0.25) is 10.5 Å². The number of nitrogens with zero attached hydrogens (tertiary/aromatic N) is 2. The van der Waals surface area contributed by atoms with Crippen molar-refractivity contribution in [3.63, 3.8) is 0 Å². The Morgan fingerprint density at radius 3 is 2.74 bits per heavy atom. The molecule has 0 saturated carbocycles. The number of halogens is 2. The lowest BCUT2D eigenvalue weighted by molar-refractivity contribution is 0.474. The molecule has 6 heteroatoms. The number of aromatic nitrogens is 2. The summed E-state index contributed by atoms with van der Waals surface area (Å²) in [5.74, 6) is 5.34. The summed E-state index contributed by atoms with van der Waals surface area (Å²) in [4.78, 5) is 0. The fourth-order valence-corrected chi connectivity index (χ4v) is 2.56. The van der Waals surface area contributed by atoms with Gasteiger partial charge in [0, 0.05) is 12.2 Å². The first-order chi connectivity index (χ1) is 9.06. The zero-order chi connectivity index (χ0) is 14.0. The third kappa shape index (κ3) is 2.70. The number of nitrogens with two attached hydrogens (primary N) is 1. The van der Waals surface area contributed by atoms with E-state index in [0.717, 1.165) is 11.3 Å². The number of benzene rings is 1. The van der Waals surface area contributed by atoms with Crippen molar-refractivity contribution in [1.82, 2.24) is 15.2 Å². The molecule has 0 amide bonds. The fraction of sp³-hybridized carbons (Fsp3) is 0.308. The highest BCUT2D eigenvalue weighted by Crippen LogP contribution is 2.30. The molecule has 0 aliphatic heterocycles. The van der Waals surface area contributed by atoms with Crippen LogP contribution in [0.1, 0.15) is 37.2 Å². The molecule has 0 spiro atoms. The number of rotatable bonds is 4. The average Bonchev–Trinajstić information content (AvgIpc) is 2.85. The van der Waals surface area contributed by atoms with Crippen LogP contribution in [0, 0.1) is 5.82 Å². The van der Waals surface area contributed by atoms with Crippen molar-refractivity contribution >= 4 is 15.9 Å². The minimum Gasteiger partial charge on any atom is -0.271 e. The molecule has 0 bridgehead atoms. The Balaban J connectivity index is 2.50. The molecule has 1 atom stereocenters. The zero-order valence-corrected chi connectivity index (χ0v) is 12.4. The molecule has 0 aliphatic carbocycles. The van der Waals surface area contributed by atoms with Crippen LogP contribution in [0.15, 0.2) is 34.9 Å². The molecular formula is C13H16BrFN4. The smallest absolute Gasteiger partial charge is 0.137 e. The summed E-state index contributed by atoms with van der Waals surface area (Å²) in [7, 11) is 0. The highest BCUT2D eigenvalue weighted by Gasteiger charge is 2.21. The Kier molecular flexibility index (Phi) is 4.34. The summed E-state index contributed by atoms with van der Waals surface area (Å²) < 4.78 is 15.9. The maximum atomic E-state index is 13.6. The Morgan fingerprint density at radius 2 is 2.11 bits per heavy atom. The first kappa shape index (κ1) is 14.2. The molecule has 1 heterocycles. The molecule has 3 N–H and O–H groups in total. The second kappa shape index (κ2) is 5.81. The van der Waals surface area contributed by atoms with E-state index in [1.165, 1.54) is 6.07 Å². The second-order valence-electron chi connectivity index (χ2n) is 4.54. The summed E-state index contributed by atoms with van der Waals surface area (Å²) in [6.07, 6.45) is 1.72. The Labute approximate surface area is 119 Å². The zero-order valence-electron chi connectivity index (χ0n) is 10.8. The highest BCUT2D eigenvalue weighted by molar-refractivity contribution is 9.10. The fourth-order valence-electron chi connectivity index (χ4n) is 2.06. The van der Waals surface area contributed by atoms with Gasteiger partial charge in [-0.2, -0.15) is 5.10 Å². The SMILES string of the molecule is CC(C)n1nccc1C(NN)c1cccc(F)c1Br. The van der Waals surface area contributed by atoms with Gasteiger partial charge in [-0.15, -0.1) is 0 Å². The Morgan fingerprint density at radius 1 is 1.37 bits per heavy atom. The molecule has 0 saturated heterocycles. The number of hydrogen-bond acceptors (Lipinski definition) is 3. The lowest BCUT2D eigenvalue weighted by Crippen LogP contribution is -2.31. The van der Waals surface area contributed by atoms with Gasteiger partial charge >= 0.3 is 0 Å². The molecule has 1 aromatic carbocycles. The monoisotopic (exact) mass is 326 g/mol. The molecule has 0 fully saturated rings. The van der Waals surface area contributed by atoms with Gasteiger partial charge in [0.25, 0.3) is 0 Å². The molecule has 2 rings (SSSR count). The van der Waals surface area contributed by atoms with Crippen LogP contribution in [-0.4, -0.2) is 9.78 Å². The Bertz CT molecular complexity index is 568. The lowest BCUT2D eigenvalue weighted by atomic mass is 10.0. The minimum absolute atomic E-state index is 0.202. The van der Waals surface area contributed by atoms with Gasteiger partial charge in [0.15, 0.2) is 0 Å². The van der Waals surface area contributed by atoms with Crippen molar-refractivity contribution in [3.05, 3.63) is 52.0 Å². The molecule has 1 aromatic heterocycles. The predicted molar refractivity (Wildman–Crippen MR) is 75.9 cm³/mol. The summed E-state index contributed by atoms with van der Waals surface area (Å²) in [5.41, 5.74) is 4.36. The summed E-state index contributed by atoms with van der Waals surface area (Å²) >= 11 is 3.27. The lowest BCUT2D eigenvalue weighted by Gasteiger charge is -2.21. The van der Waals surface area contributed by atoms with E-state index in [2.05, 4.69) is 26.5 Å². The van der Waals surface area contributed by atoms with Crippen molar-refractivity contribution < 1.29 is 4.39 Å². The number of hydrogen-bond donors (Lipinski definition) is 2. The summed E-state index contributed by atoms with van der Waals surface area (Å²) in [6.45, 7) is 4.06. The van der Waals surface area contributed by atoms with Crippen LogP contribution in [-0.2, 0) is 0 Å². The van der Waals surface area contributed by atoms with Gasteiger partial charge in [-0.05, 0) is 47.5 Å². The second-order valence-corrected chi connectivity index (χ2v) is 5.33. The van der Waals surface area contributed by atoms with E-state index in [-0.39, 0.29) is 17.9 Å². The van der Waals surface area contributed by atoms with Gasteiger partial charge in [0.2, 0.25) is 0 Å². The van der Waals surface area contributed by atoms with Crippen molar-refractivity contribution in [2.24, 2.45) is 5.84 Å². The van der Waals surface area contributed by atoms with Crippen LogP contribution >= 0.6 is 15.9 Å². The molecular weight excluding hydrogens is 311 g/mol. The van der Waals surface area contributed by atoms with E-state index in [0.29, 0.717) is 4.47 Å². The van der Waals surface area contributed by atoms with Crippen molar-refractivity contribution in [1.29, 1.82) is 0 Å². The van der Waals surface area contributed by atoms with E-state index >= 15 is 0 Å². The van der Waals surface area contributed by atoms with Crippen molar-refractivity contribution in [3.8, 4) is 0 Å². The quantitative estimate of drug-likeness (QED) is 0.671.